The van der Waals surface area contributed by atoms with Crippen LogP contribution >= 0.6 is 0 Å². The van der Waals surface area contributed by atoms with Gasteiger partial charge < -0.3 is 33.2 Å². The van der Waals surface area contributed by atoms with E-state index in [-0.39, 0.29) is 66.1 Å². The summed E-state index contributed by atoms with van der Waals surface area (Å²) >= 11 is 0. The molecule has 234 valence electrons. The Labute approximate surface area is 251 Å². The fourth-order valence-corrected chi connectivity index (χ4v) is 4.94. The minimum Gasteiger partial charge on any atom is -0.493 e. The molecule has 1 N–H and O–H groups in total. The van der Waals surface area contributed by atoms with Gasteiger partial charge in [-0.2, -0.15) is 18.4 Å². The zero-order valence-electron chi connectivity index (χ0n) is 24.8. The second-order valence-corrected chi connectivity index (χ2v) is 11.5. The average Bonchev–Trinajstić information content (AvgIpc) is 3.53. The van der Waals surface area contributed by atoms with Gasteiger partial charge in [0.05, 0.1) is 33.0 Å². The van der Waals surface area contributed by atoms with Crippen molar-refractivity contribution in [3.05, 3.63) is 48.2 Å². The third-order valence-corrected chi connectivity index (χ3v) is 7.60. The number of hydrogen-bond donors (Lipinski definition) is 1. The Kier molecular flexibility index (Phi) is 11.7. The van der Waals surface area contributed by atoms with Crippen molar-refractivity contribution in [3.8, 4) is 29.1 Å². The molecule has 3 heterocycles. The van der Waals surface area contributed by atoms with E-state index in [1.54, 1.807) is 37.4 Å². The van der Waals surface area contributed by atoms with E-state index in [4.69, 9.17) is 33.2 Å². The van der Waals surface area contributed by atoms with E-state index in [0.717, 1.165) is 18.4 Å². The monoisotopic (exact) mass is 618 g/mol. The summed E-state index contributed by atoms with van der Waals surface area (Å²) in [6.45, 7) is 5.91. The molecular weight excluding hydrogens is 580 g/mol. The lowest BCUT2D eigenvalue weighted by atomic mass is 10.1. The van der Waals surface area contributed by atoms with Crippen molar-refractivity contribution < 1.29 is 41.6 Å². The number of aromatic nitrogens is 3. The maximum atomic E-state index is 13.5. The van der Waals surface area contributed by atoms with Crippen LogP contribution in [0.2, 0.25) is 0 Å². The molecule has 1 aromatic carbocycles. The second-order valence-electron chi connectivity index (χ2n) is 9.83. The number of para-hydroxylation sites is 2. The number of nitrogens with zero attached hydrogens (tertiary/aromatic N) is 3. The van der Waals surface area contributed by atoms with Gasteiger partial charge in [0.1, 0.15) is 13.2 Å². The third-order valence-electron chi connectivity index (χ3n) is 6.35. The second kappa shape index (κ2) is 15.7. The highest BCUT2D eigenvalue weighted by molar-refractivity contribution is 7.92. The van der Waals surface area contributed by atoms with Crippen LogP contribution in [0.4, 0.5) is 5.82 Å². The van der Waals surface area contributed by atoms with E-state index < -0.39 is 10.0 Å². The first-order valence-corrected chi connectivity index (χ1v) is 15.4. The van der Waals surface area contributed by atoms with Crippen LogP contribution in [0, 0.1) is 0 Å². The summed E-state index contributed by atoms with van der Waals surface area (Å²) in [4.78, 5) is 12.9. The lowest BCUT2D eigenvalue weighted by Gasteiger charge is -2.19. The summed E-state index contributed by atoms with van der Waals surface area (Å²) < 4.78 is 69.0. The Hall–Kier alpha value is -3.72. The molecule has 3 aromatic rings. The summed E-state index contributed by atoms with van der Waals surface area (Å²) in [5.41, 5.74) is 0.898. The van der Waals surface area contributed by atoms with Crippen LogP contribution in [0.1, 0.15) is 38.2 Å². The first kappa shape index (κ1) is 32.2. The number of pyridine rings is 1. The van der Waals surface area contributed by atoms with E-state index in [2.05, 4.69) is 19.7 Å². The average molecular weight is 619 g/mol. The van der Waals surface area contributed by atoms with Crippen molar-refractivity contribution in [1.29, 1.82) is 0 Å². The molecule has 1 aliphatic heterocycles. The van der Waals surface area contributed by atoms with Gasteiger partial charge in [-0.05, 0) is 42.5 Å². The number of benzene rings is 1. The summed E-state index contributed by atoms with van der Waals surface area (Å²) in [5, 5.41) is -0.199. The van der Waals surface area contributed by atoms with Crippen LogP contribution in [0.5, 0.6) is 29.1 Å². The number of sulfonamides is 1. The Bertz CT molecular complexity index is 1420. The molecular formula is C29H38N4O9S. The summed E-state index contributed by atoms with van der Waals surface area (Å²) in [6.07, 6.45) is 3.09. The lowest BCUT2D eigenvalue weighted by molar-refractivity contribution is 0.0519. The summed E-state index contributed by atoms with van der Waals surface area (Å²) in [5.74, 6) is 0.521. The van der Waals surface area contributed by atoms with Gasteiger partial charge in [-0.25, -0.2) is 4.98 Å². The predicted molar refractivity (Wildman–Crippen MR) is 157 cm³/mol. The van der Waals surface area contributed by atoms with Gasteiger partial charge >= 0.3 is 6.01 Å². The minimum atomic E-state index is -4.22. The van der Waals surface area contributed by atoms with E-state index in [1.165, 1.54) is 19.4 Å². The molecule has 1 saturated heterocycles. The quantitative estimate of drug-likeness (QED) is 0.216. The van der Waals surface area contributed by atoms with E-state index >= 15 is 0 Å². The first-order chi connectivity index (χ1) is 20.8. The fraction of sp³-hybridized carbons (Fsp3) is 0.483. The molecule has 2 aromatic heterocycles. The number of hydrogen-bond acceptors (Lipinski definition) is 12. The van der Waals surface area contributed by atoms with Crippen LogP contribution in [0.3, 0.4) is 0 Å². The molecule has 0 radical (unpaired) electrons. The Morgan fingerprint density at radius 1 is 1.00 bits per heavy atom. The standard InChI is InChI=1S/C29H38N4O9S/c1-20(2)21-11-12-25(30-18-21)43(34,35)33-27-26(42-24-10-6-5-9-23(24)37-4)28(41-19-22-8-7-13-39-22)32-29(31-27)40-17-16-38-15-14-36-3/h5-6,9-12,18,20,22H,7-8,13-17,19H2,1-4H3,(H,31,32,33). The highest BCUT2D eigenvalue weighted by Crippen LogP contribution is 2.41. The minimum absolute atomic E-state index is 0.0486. The zero-order chi connectivity index (χ0) is 30.7. The van der Waals surface area contributed by atoms with Crippen LogP contribution in [0.25, 0.3) is 0 Å². The highest BCUT2D eigenvalue weighted by Gasteiger charge is 2.27. The van der Waals surface area contributed by atoms with Crippen molar-refractivity contribution >= 4 is 15.8 Å². The van der Waals surface area contributed by atoms with Gasteiger partial charge in [-0.1, -0.05) is 32.0 Å². The molecule has 1 fully saturated rings. The molecule has 0 bridgehead atoms. The fourth-order valence-electron chi connectivity index (χ4n) is 4.00. The Morgan fingerprint density at radius 2 is 1.79 bits per heavy atom. The molecule has 43 heavy (non-hydrogen) atoms. The molecule has 0 spiro atoms. The molecule has 14 heteroatoms. The topological polar surface area (TPSA) is 149 Å². The molecule has 1 atom stereocenters. The molecule has 0 saturated carbocycles. The predicted octanol–water partition coefficient (Wildman–Crippen LogP) is 4.20. The van der Waals surface area contributed by atoms with Crippen LogP contribution in [0.15, 0.2) is 47.6 Å². The van der Waals surface area contributed by atoms with Crippen LogP contribution in [-0.4, -0.2) is 83.3 Å². The van der Waals surface area contributed by atoms with Crippen LogP contribution < -0.4 is 23.7 Å². The molecule has 0 aliphatic carbocycles. The van der Waals surface area contributed by atoms with Crippen molar-refractivity contribution in [2.45, 2.75) is 43.7 Å². The normalized spacial score (nSPS) is 15.0. The van der Waals surface area contributed by atoms with Gasteiger partial charge in [0.15, 0.2) is 22.3 Å². The largest absolute Gasteiger partial charge is 0.493 e. The molecule has 0 amide bonds. The number of methoxy groups -OCH3 is 2. The Balaban J connectivity index is 1.71. The van der Waals surface area contributed by atoms with Gasteiger partial charge in [-0.3, -0.25) is 4.72 Å². The molecule has 13 nitrogen and oxygen atoms in total. The maximum absolute atomic E-state index is 13.5. The van der Waals surface area contributed by atoms with E-state index in [1.807, 2.05) is 13.8 Å². The number of anilines is 1. The van der Waals surface area contributed by atoms with E-state index in [9.17, 15) is 8.42 Å². The van der Waals surface area contributed by atoms with E-state index in [0.29, 0.717) is 25.6 Å². The summed E-state index contributed by atoms with van der Waals surface area (Å²) in [7, 11) is -1.15. The number of rotatable bonds is 17. The summed E-state index contributed by atoms with van der Waals surface area (Å²) in [6, 6.07) is 9.89. The molecule has 4 rings (SSSR count). The highest BCUT2D eigenvalue weighted by atomic mass is 32.2. The van der Waals surface area contributed by atoms with Crippen molar-refractivity contribution in [2.75, 3.05) is 58.6 Å². The van der Waals surface area contributed by atoms with Gasteiger partial charge in [0.25, 0.3) is 15.9 Å². The number of nitrogens with one attached hydrogen (secondary N) is 1. The van der Waals surface area contributed by atoms with Crippen molar-refractivity contribution in [1.82, 2.24) is 15.0 Å². The van der Waals surface area contributed by atoms with Gasteiger partial charge in [0, 0.05) is 19.9 Å². The third kappa shape index (κ3) is 9.13. The van der Waals surface area contributed by atoms with Gasteiger partial charge in [0.2, 0.25) is 5.75 Å². The van der Waals surface area contributed by atoms with Crippen molar-refractivity contribution in [2.24, 2.45) is 0 Å². The Morgan fingerprint density at radius 3 is 2.47 bits per heavy atom. The molecule has 1 unspecified atom stereocenters. The SMILES string of the molecule is COCCOCCOc1nc(NS(=O)(=O)c2ccc(C(C)C)cn2)c(Oc2ccccc2OC)c(OCC2CCCO2)n1. The van der Waals surface area contributed by atoms with Gasteiger partial charge in [-0.15, -0.1) is 0 Å². The van der Waals surface area contributed by atoms with Crippen molar-refractivity contribution in [3.63, 3.8) is 0 Å². The lowest BCUT2D eigenvalue weighted by Crippen LogP contribution is -2.20. The maximum Gasteiger partial charge on any atom is 0.322 e. The number of ether oxygens (including phenoxy) is 7. The smallest absolute Gasteiger partial charge is 0.322 e. The zero-order valence-corrected chi connectivity index (χ0v) is 25.6. The molecule has 1 aliphatic rings. The van der Waals surface area contributed by atoms with Crippen LogP contribution in [-0.2, 0) is 24.2 Å². The first-order valence-electron chi connectivity index (χ1n) is 14.0.